The Kier molecular flexibility index (Phi) is 8.54. The van der Waals surface area contributed by atoms with E-state index in [1.54, 1.807) is 23.2 Å². The normalized spacial score (nSPS) is 16.7. The minimum absolute atomic E-state index is 0.246. The first-order valence-corrected chi connectivity index (χ1v) is 12.9. The molecule has 0 radical (unpaired) electrons. The van der Waals surface area contributed by atoms with Crippen molar-refractivity contribution in [2.24, 2.45) is 0 Å². The number of aromatic nitrogens is 2. The molecule has 1 N–H and O–H groups in total. The van der Waals surface area contributed by atoms with Gasteiger partial charge < -0.3 is 19.7 Å². The van der Waals surface area contributed by atoms with Crippen molar-refractivity contribution in [3.8, 4) is 5.75 Å². The Balaban J connectivity index is 1.06. The lowest BCUT2D eigenvalue weighted by atomic mass is 10.1. The predicted molar refractivity (Wildman–Crippen MR) is 142 cm³/mol. The fourth-order valence-corrected chi connectivity index (χ4v) is 4.49. The average molecular weight is 517 g/mol. The van der Waals surface area contributed by atoms with Crippen molar-refractivity contribution in [1.82, 2.24) is 24.7 Å². The van der Waals surface area contributed by atoms with Crippen LogP contribution in [-0.4, -0.2) is 89.2 Å². The summed E-state index contributed by atoms with van der Waals surface area (Å²) in [7, 11) is 0. The third kappa shape index (κ3) is 7.12. The number of piperazine rings is 1. The van der Waals surface area contributed by atoms with Gasteiger partial charge in [-0.15, -0.1) is 0 Å². The number of nitrogens with zero attached hydrogens (tertiary/aromatic N) is 5. The maximum atomic E-state index is 12.6. The van der Waals surface area contributed by atoms with Crippen LogP contribution in [0.4, 0.5) is 10.6 Å². The summed E-state index contributed by atoms with van der Waals surface area (Å²) in [5.41, 5.74) is 2.86. The lowest BCUT2D eigenvalue weighted by molar-refractivity contribution is 0.0342. The smallest absolute Gasteiger partial charge is 0.409 e. The van der Waals surface area contributed by atoms with Crippen LogP contribution in [0.25, 0.3) is 0 Å². The second kappa shape index (κ2) is 12.6. The zero-order valence-electron chi connectivity index (χ0n) is 21.3. The van der Waals surface area contributed by atoms with Gasteiger partial charge in [-0.1, -0.05) is 18.2 Å². The monoisotopic (exact) mass is 516 g/mol. The van der Waals surface area contributed by atoms with E-state index in [0.717, 1.165) is 63.6 Å². The molecule has 2 aliphatic heterocycles. The van der Waals surface area contributed by atoms with E-state index < -0.39 is 6.09 Å². The highest BCUT2D eigenvalue weighted by Crippen LogP contribution is 2.16. The van der Waals surface area contributed by atoms with Crippen molar-refractivity contribution in [2.75, 3.05) is 57.8 Å². The van der Waals surface area contributed by atoms with E-state index in [2.05, 4.69) is 31.2 Å². The van der Waals surface area contributed by atoms with Crippen molar-refractivity contribution >= 4 is 17.8 Å². The van der Waals surface area contributed by atoms with Gasteiger partial charge in [-0.25, -0.2) is 9.78 Å². The SMILES string of the molecule is O=C(Nc1ccc(OC(=O)N2CCN(Cc3cccnc3)CC2)cn1)c1ccc(CN2CCOCC2)cc1. The first-order valence-electron chi connectivity index (χ1n) is 12.9. The summed E-state index contributed by atoms with van der Waals surface area (Å²) < 4.78 is 10.9. The first kappa shape index (κ1) is 25.8. The van der Waals surface area contributed by atoms with Gasteiger partial charge in [-0.05, 0) is 41.5 Å². The Morgan fingerprint density at radius 3 is 2.26 bits per heavy atom. The highest BCUT2D eigenvalue weighted by Gasteiger charge is 2.23. The second-order valence-corrected chi connectivity index (χ2v) is 9.41. The fraction of sp³-hybridized carbons (Fsp3) is 0.357. The Morgan fingerprint density at radius 1 is 0.842 bits per heavy atom. The molecule has 0 aliphatic carbocycles. The van der Waals surface area contributed by atoms with Crippen LogP contribution in [0.5, 0.6) is 5.75 Å². The fourth-order valence-electron chi connectivity index (χ4n) is 4.49. The number of anilines is 1. The van der Waals surface area contributed by atoms with Crippen molar-refractivity contribution in [1.29, 1.82) is 0 Å². The number of hydrogen-bond donors (Lipinski definition) is 1. The van der Waals surface area contributed by atoms with Crippen LogP contribution in [0.3, 0.4) is 0 Å². The van der Waals surface area contributed by atoms with Crippen LogP contribution in [0.1, 0.15) is 21.5 Å². The lowest BCUT2D eigenvalue weighted by Gasteiger charge is -2.33. The van der Waals surface area contributed by atoms with Crippen LogP contribution in [-0.2, 0) is 17.8 Å². The highest BCUT2D eigenvalue weighted by molar-refractivity contribution is 6.03. The third-order valence-corrected chi connectivity index (χ3v) is 6.67. The van der Waals surface area contributed by atoms with Crippen LogP contribution in [0.15, 0.2) is 67.1 Å². The van der Waals surface area contributed by atoms with Gasteiger partial charge in [0.1, 0.15) is 5.82 Å². The molecule has 0 bridgehead atoms. The van der Waals surface area contributed by atoms with Gasteiger partial charge >= 0.3 is 6.09 Å². The van der Waals surface area contributed by atoms with Crippen LogP contribution in [0.2, 0.25) is 0 Å². The number of amides is 2. The van der Waals surface area contributed by atoms with Crippen molar-refractivity contribution < 1.29 is 19.1 Å². The van der Waals surface area contributed by atoms with Gasteiger partial charge in [0, 0.05) is 70.3 Å². The average Bonchev–Trinajstić information content (AvgIpc) is 2.96. The molecular formula is C28H32N6O4. The molecule has 0 unspecified atom stereocenters. The number of carbonyl (C=O) groups excluding carboxylic acids is 2. The zero-order valence-corrected chi connectivity index (χ0v) is 21.3. The number of ether oxygens (including phenoxy) is 2. The van der Waals surface area contributed by atoms with E-state index in [9.17, 15) is 9.59 Å². The summed E-state index contributed by atoms with van der Waals surface area (Å²) in [5, 5.41) is 2.79. The summed E-state index contributed by atoms with van der Waals surface area (Å²) >= 11 is 0. The minimum Gasteiger partial charge on any atom is -0.409 e. The molecule has 2 fully saturated rings. The summed E-state index contributed by atoms with van der Waals surface area (Å²) in [6.45, 7) is 7.72. The standard InChI is InChI=1S/C28H32N6O4/c35-27(24-5-3-22(4-6-24)20-33-14-16-37-17-15-33)31-26-8-7-25(19-30-26)38-28(36)34-12-10-32(11-13-34)21-23-2-1-9-29-18-23/h1-9,18-19H,10-17,20-21H2,(H,30,31,35). The summed E-state index contributed by atoms with van der Waals surface area (Å²) in [4.78, 5) is 40.0. The van der Waals surface area contributed by atoms with Gasteiger partial charge in [-0.2, -0.15) is 0 Å². The van der Waals surface area contributed by atoms with E-state index in [4.69, 9.17) is 9.47 Å². The van der Waals surface area contributed by atoms with E-state index in [0.29, 0.717) is 30.2 Å². The van der Waals surface area contributed by atoms with Gasteiger partial charge in [0.05, 0.1) is 19.4 Å². The topological polar surface area (TPSA) is 100 Å². The maximum absolute atomic E-state index is 12.6. The third-order valence-electron chi connectivity index (χ3n) is 6.67. The van der Waals surface area contributed by atoms with E-state index in [1.807, 2.05) is 36.5 Å². The molecule has 3 aromatic rings. The van der Waals surface area contributed by atoms with E-state index in [-0.39, 0.29) is 5.91 Å². The number of benzene rings is 1. The van der Waals surface area contributed by atoms with Crippen LogP contribution >= 0.6 is 0 Å². The minimum atomic E-state index is -0.401. The Morgan fingerprint density at radius 2 is 1.58 bits per heavy atom. The predicted octanol–water partition coefficient (Wildman–Crippen LogP) is 2.88. The van der Waals surface area contributed by atoms with Crippen molar-refractivity contribution in [2.45, 2.75) is 13.1 Å². The first-order chi connectivity index (χ1) is 18.6. The zero-order chi connectivity index (χ0) is 26.2. The number of morpholine rings is 1. The molecule has 0 spiro atoms. The van der Waals surface area contributed by atoms with Crippen LogP contribution in [0, 0.1) is 0 Å². The summed E-state index contributed by atoms with van der Waals surface area (Å²) in [6, 6.07) is 14.8. The summed E-state index contributed by atoms with van der Waals surface area (Å²) in [5.74, 6) is 0.471. The van der Waals surface area contributed by atoms with Gasteiger partial charge in [0.15, 0.2) is 5.75 Å². The van der Waals surface area contributed by atoms with E-state index >= 15 is 0 Å². The molecule has 0 atom stereocenters. The van der Waals surface area contributed by atoms with Gasteiger partial charge in [0.25, 0.3) is 5.91 Å². The lowest BCUT2D eigenvalue weighted by Crippen LogP contribution is -2.49. The molecule has 2 aliphatic rings. The molecule has 10 nitrogen and oxygen atoms in total. The van der Waals surface area contributed by atoms with Gasteiger partial charge in [0.2, 0.25) is 0 Å². The quantitative estimate of drug-likeness (QED) is 0.512. The number of hydrogen-bond acceptors (Lipinski definition) is 8. The Bertz CT molecular complexity index is 1190. The summed E-state index contributed by atoms with van der Waals surface area (Å²) in [6.07, 6.45) is 4.67. The molecule has 10 heteroatoms. The largest absolute Gasteiger partial charge is 0.415 e. The number of rotatable bonds is 7. The van der Waals surface area contributed by atoms with Crippen molar-refractivity contribution in [3.63, 3.8) is 0 Å². The Hall–Kier alpha value is -3.86. The molecule has 198 valence electrons. The molecule has 0 saturated carbocycles. The molecule has 2 aromatic heterocycles. The number of nitrogens with one attached hydrogen (secondary N) is 1. The maximum Gasteiger partial charge on any atom is 0.415 e. The van der Waals surface area contributed by atoms with Gasteiger partial charge in [-0.3, -0.25) is 19.6 Å². The highest BCUT2D eigenvalue weighted by atomic mass is 16.6. The molecular weight excluding hydrogens is 484 g/mol. The molecule has 2 saturated heterocycles. The number of pyridine rings is 2. The number of carbonyl (C=O) groups is 2. The molecule has 5 rings (SSSR count). The molecule has 4 heterocycles. The second-order valence-electron chi connectivity index (χ2n) is 9.41. The van der Waals surface area contributed by atoms with E-state index in [1.165, 1.54) is 6.20 Å². The van der Waals surface area contributed by atoms with Crippen LogP contribution < -0.4 is 10.1 Å². The van der Waals surface area contributed by atoms with Crippen molar-refractivity contribution in [3.05, 3.63) is 83.8 Å². The molecule has 1 aromatic carbocycles. The molecule has 38 heavy (non-hydrogen) atoms. The Labute approximate surface area is 222 Å². The molecule has 2 amide bonds.